The number of oxazole rings is 1. The van der Waals surface area contributed by atoms with Crippen LogP contribution in [0, 0.1) is 13.8 Å². The number of nitrogens with zero attached hydrogens (tertiary/aromatic N) is 3. The number of hydrogen-bond donors (Lipinski definition) is 0. The Labute approximate surface area is 137 Å². The van der Waals surface area contributed by atoms with E-state index in [9.17, 15) is 0 Å². The van der Waals surface area contributed by atoms with Gasteiger partial charge in [-0.25, -0.2) is 9.97 Å². The fraction of sp³-hybridized carbons (Fsp3) is 0.267. The van der Waals surface area contributed by atoms with Crippen LogP contribution >= 0.6 is 23.4 Å². The average Bonchev–Trinajstić information content (AvgIpc) is 2.91. The molecular formula is C15H14ClN3O2S. The number of halogens is 1. The highest BCUT2D eigenvalue weighted by Gasteiger charge is 2.16. The van der Waals surface area contributed by atoms with E-state index in [-0.39, 0.29) is 0 Å². The van der Waals surface area contributed by atoms with E-state index in [2.05, 4.69) is 15.0 Å². The van der Waals surface area contributed by atoms with Gasteiger partial charge in [0, 0.05) is 5.56 Å². The molecule has 0 aliphatic rings. The van der Waals surface area contributed by atoms with Crippen LogP contribution in [0.15, 0.2) is 21.7 Å². The number of methoxy groups -OCH3 is 1. The first-order chi connectivity index (χ1) is 10.5. The molecule has 3 aromatic rings. The summed E-state index contributed by atoms with van der Waals surface area (Å²) < 4.78 is 11.1. The zero-order valence-corrected chi connectivity index (χ0v) is 14.2. The molecule has 0 radical (unpaired) electrons. The lowest BCUT2D eigenvalue weighted by Gasteiger charge is -2.09. The zero-order valence-electron chi connectivity index (χ0n) is 12.6. The van der Waals surface area contributed by atoms with Crippen molar-refractivity contribution in [1.29, 1.82) is 0 Å². The molecule has 0 aliphatic carbocycles. The average molecular weight is 336 g/mol. The number of aromatic nitrogens is 3. The van der Waals surface area contributed by atoms with Gasteiger partial charge in [0.15, 0.2) is 15.8 Å². The lowest BCUT2D eigenvalue weighted by atomic mass is 10.1. The summed E-state index contributed by atoms with van der Waals surface area (Å²) in [5.41, 5.74) is 3.75. The van der Waals surface area contributed by atoms with Gasteiger partial charge in [-0.05, 0) is 43.4 Å². The molecule has 0 aliphatic heterocycles. The van der Waals surface area contributed by atoms with Crippen LogP contribution in [0.25, 0.3) is 22.7 Å². The molecular weight excluding hydrogens is 322 g/mol. The lowest BCUT2D eigenvalue weighted by Crippen LogP contribution is -1.92. The normalized spacial score (nSPS) is 11.1. The number of ether oxygens (including phenoxy) is 1. The van der Waals surface area contributed by atoms with Crippen molar-refractivity contribution in [3.05, 3.63) is 28.4 Å². The number of aryl methyl sites for hydroxylation is 2. The smallest absolute Gasteiger partial charge is 0.253 e. The third-order valence-corrected chi connectivity index (χ3v) is 4.10. The number of thioether (sulfide) groups is 1. The van der Waals surface area contributed by atoms with Crippen LogP contribution in [0.4, 0.5) is 0 Å². The monoisotopic (exact) mass is 335 g/mol. The summed E-state index contributed by atoms with van der Waals surface area (Å²) in [7, 11) is 1.66. The molecule has 5 nitrogen and oxygen atoms in total. The molecule has 0 amide bonds. The summed E-state index contributed by atoms with van der Waals surface area (Å²) in [5.74, 6) is 1.33. The summed E-state index contributed by atoms with van der Waals surface area (Å²) in [5, 5.41) is 0.855. The van der Waals surface area contributed by atoms with Crippen LogP contribution in [0.2, 0.25) is 5.15 Å². The predicted octanol–water partition coefficient (Wildman–Crippen LogP) is 4.29. The second-order valence-corrected chi connectivity index (χ2v) is 5.95. The van der Waals surface area contributed by atoms with Gasteiger partial charge in [0.1, 0.15) is 5.75 Å². The number of fused-ring (bicyclic) bond motifs is 1. The van der Waals surface area contributed by atoms with Gasteiger partial charge in [0.05, 0.1) is 7.11 Å². The Bertz CT molecular complexity index is 840. The predicted molar refractivity (Wildman–Crippen MR) is 87.9 cm³/mol. The molecule has 0 saturated carbocycles. The number of hydrogen-bond acceptors (Lipinski definition) is 6. The van der Waals surface area contributed by atoms with Crippen molar-refractivity contribution in [2.45, 2.75) is 19.0 Å². The molecule has 22 heavy (non-hydrogen) atoms. The Morgan fingerprint density at radius 2 is 1.82 bits per heavy atom. The first-order valence-electron chi connectivity index (χ1n) is 6.57. The number of rotatable bonds is 3. The molecule has 0 unspecified atom stereocenters. The summed E-state index contributed by atoms with van der Waals surface area (Å²) >= 11 is 7.55. The molecule has 2 heterocycles. The third kappa shape index (κ3) is 2.53. The highest BCUT2D eigenvalue weighted by atomic mass is 35.5. The van der Waals surface area contributed by atoms with Gasteiger partial charge in [-0.3, -0.25) is 0 Å². The Morgan fingerprint density at radius 3 is 2.41 bits per heavy atom. The SMILES string of the molecule is COc1c(C)cc(-c2nc3c(Cl)nc(SC)nc3o2)cc1C. The fourth-order valence-corrected chi connectivity index (χ4v) is 2.99. The van der Waals surface area contributed by atoms with Crippen LogP contribution in [-0.4, -0.2) is 28.3 Å². The standard InChI is InChI=1S/C15H14ClN3O2S/c1-7-5-9(6-8(2)11(7)20-3)13-17-10-12(16)18-15(22-4)19-14(10)21-13/h5-6H,1-4H3. The second kappa shape index (κ2) is 5.78. The first kappa shape index (κ1) is 15.1. The Morgan fingerprint density at radius 1 is 1.14 bits per heavy atom. The Kier molecular flexibility index (Phi) is 3.97. The lowest BCUT2D eigenvalue weighted by molar-refractivity contribution is 0.408. The molecule has 114 valence electrons. The van der Waals surface area contributed by atoms with Crippen LogP contribution in [0.1, 0.15) is 11.1 Å². The molecule has 0 bridgehead atoms. The summed E-state index contributed by atoms with van der Waals surface area (Å²) in [6.45, 7) is 3.97. The maximum atomic E-state index is 6.15. The highest BCUT2D eigenvalue weighted by Crippen LogP contribution is 2.32. The van der Waals surface area contributed by atoms with E-state index in [1.54, 1.807) is 7.11 Å². The van der Waals surface area contributed by atoms with Gasteiger partial charge in [-0.2, -0.15) is 4.98 Å². The minimum atomic E-state index is 0.298. The third-order valence-electron chi connectivity index (χ3n) is 3.29. The van der Waals surface area contributed by atoms with Crippen LogP contribution < -0.4 is 4.74 Å². The van der Waals surface area contributed by atoms with E-state index in [0.717, 1.165) is 22.4 Å². The fourth-order valence-electron chi connectivity index (χ4n) is 2.38. The van der Waals surface area contributed by atoms with Crippen molar-refractivity contribution in [3.63, 3.8) is 0 Å². The van der Waals surface area contributed by atoms with Crippen LogP contribution in [0.5, 0.6) is 5.75 Å². The number of benzene rings is 1. The molecule has 0 saturated heterocycles. The van der Waals surface area contributed by atoms with Crippen LogP contribution in [-0.2, 0) is 0 Å². The maximum absolute atomic E-state index is 6.15. The van der Waals surface area contributed by atoms with Crippen molar-refractivity contribution in [2.24, 2.45) is 0 Å². The molecule has 0 N–H and O–H groups in total. The first-order valence-corrected chi connectivity index (χ1v) is 8.17. The second-order valence-electron chi connectivity index (χ2n) is 4.82. The molecule has 0 atom stereocenters. The van der Waals surface area contributed by atoms with E-state index >= 15 is 0 Å². The minimum Gasteiger partial charge on any atom is -0.496 e. The largest absolute Gasteiger partial charge is 0.496 e. The molecule has 1 aromatic carbocycles. The van der Waals surface area contributed by atoms with E-state index < -0.39 is 0 Å². The Balaban J connectivity index is 2.17. The van der Waals surface area contributed by atoms with Crippen molar-refractivity contribution in [1.82, 2.24) is 15.0 Å². The molecule has 0 fully saturated rings. The van der Waals surface area contributed by atoms with E-state index in [0.29, 0.717) is 27.4 Å². The molecule has 3 rings (SSSR count). The van der Waals surface area contributed by atoms with Crippen molar-refractivity contribution < 1.29 is 9.15 Å². The van der Waals surface area contributed by atoms with Gasteiger partial charge >= 0.3 is 0 Å². The summed E-state index contributed by atoms with van der Waals surface area (Å²) in [6, 6.07) is 3.93. The zero-order chi connectivity index (χ0) is 15.9. The van der Waals surface area contributed by atoms with E-state index in [1.807, 2.05) is 32.2 Å². The van der Waals surface area contributed by atoms with Gasteiger partial charge in [0.25, 0.3) is 5.71 Å². The molecule has 0 spiro atoms. The minimum absolute atomic E-state index is 0.298. The quantitative estimate of drug-likeness (QED) is 0.404. The molecule has 2 aromatic heterocycles. The summed E-state index contributed by atoms with van der Waals surface area (Å²) in [6.07, 6.45) is 1.88. The maximum Gasteiger partial charge on any atom is 0.253 e. The van der Waals surface area contributed by atoms with Gasteiger partial charge in [-0.15, -0.1) is 0 Å². The molecule has 7 heteroatoms. The van der Waals surface area contributed by atoms with Crippen molar-refractivity contribution in [3.8, 4) is 17.2 Å². The van der Waals surface area contributed by atoms with Crippen molar-refractivity contribution >= 4 is 34.6 Å². The summed E-state index contributed by atoms with van der Waals surface area (Å²) in [4.78, 5) is 12.9. The van der Waals surface area contributed by atoms with Gasteiger partial charge in [-0.1, -0.05) is 23.4 Å². The van der Waals surface area contributed by atoms with E-state index in [1.165, 1.54) is 11.8 Å². The van der Waals surface area contributed by atoms with Gasteiger partial charge < -0.3 is 9.15 Å². The van der Waals surface area contributed by atoms with Crippen molar-refractivity contribution in [2.75, 3.05) is 13.4 Å². The topological polar surface area (TPSA) is 61.0 Å². The van der Waals surface area contributed by atoms with Gasteiger partial charge in [0.2, 0.25) is 5.89 Å². The Hall–Kier alpha value is -1.79. The van der Waals surface area contributed by atoms with Crippen LogP contribution in [0.3, 0.4) is 0 Å². The van der Waals surface area contributed by atoms with E-state index in [4.69, 9.17) is 20.8 Å². The highest BCUT2D eigenvalue weighted by molar-refractivity contribution is 7.98.